The molecule has 17 heavy (non-hydrogen) atoms. The number of rotatable bonds is 6. The summed E-state index contributed by atoms with van der Waals surface area (Å²) < 4.78 is 4.64. The quantitative estimate of drug-likeness (QED) is 0.668. The molecule has 1 aliphatic rings. The van der Waals surface area contributed by atoms with Gasteiger partial charge in [0.05, 0.1) is 13.5 Å². The van der Waals surface area contributed by atoms with Crippen molar-refractivity contribution in [2.24, 2.45) is 5.92 Å². The van der Waals surface area contributed by atoms with Gasteiger partial charge < -0.3 is 4.74 Å². The van der Waals surface area contributed by atoms with Gasteiger partial charge in [0.15, 0.2) is 5.78 Å². The molecule has 0 spiro atoms. The smallest absolute Gasteiger partial charge is 0.306 e. The second kappa shape index (κ2) is 6.58. The van der Waals surface area contributed by atoms with Crippen LogP contribution in [0.2, 0.25) is 0 Å². The lowest BCUT2D eigenvalue weighted by atomic mass is 9.98. The summed E-state index contributed by atoms with van der Waals surface area (Å²) in [5.74, 6) is -0.261. The molecule has 1 rings (SSSR count). The zero-order chi connectivity index (χ0) is 12.8. The van der Waals surface area contributed by atoms with Crippen LogP contribution in [0.15, 0.2) is 11.1 Å². The molecule has 1 aliphatic carbocycles. The third kappa shape index (κ3) is 3.42. The third-order valence-electron chi connectivity index (χ3n) is 3.28. The van der Waals surface area contributed by atoms with Crippen molar-refractivity contribution in [3.05, 3.63) is 11.1 Å². The van der Waals surface area contributed by atoms with Crippen molar-refractivity contribution in [2.45, 2.75) is 52.4 Å². The summed E-state index contributed by atoms with van der Waals surface area (Å²) in [5.41, 5.74) is 2.26. The molecule has 1 atom stereocenters. The van der Waals surface area contributed by atoms with E-state index in [1.165, 1.54) is 12.7 Å². The summed E-state index contributed by atoms with van der Waals surface area (Å²) in [6, 6.07) is 0. The Morgan fingerprint density at radius 1 is 1.29 bits per heavy atom. The molecule has 3 nitrogen and oxygen atoms in total. The van der Waals surface area contributed by atoms with Crippen LogP contribution in [0.1, 0.15) is 52.4 Å². The monoisotopic (exact) mass is 238 g/mol. The Bertz CT molecular complexity index is 328. The first-order valence-corrected chi connectivity index (χ1v) is 6.45. The summed E-state index contributed by atoms with van der Waals surface area (Å²) in [5, 5.41) is 0. The molecule has 0 aromatic carbocycles. The van der Waals surface area contributed by atoms with Crippen molar-refractivity contribution in [2.75, 3.05) is 7.11 Å². The fourth-order valence-corrected chi connectivity index (χ4v) is 2.49. The maximum atomic E-state index is 12.2. The van der Waals surface area contributed by atoms with Crippen LogP contribution >= 0.6 is 0 Å². The van der Waals surface area contributed by atoms with Crippen LogP contribution in [-0.4, -0.2) is 18.9 Å². The van der Waals surface area contributed by atoms with E-state index in [9.17, 15) is 9.59 Å². The van der Waals surface area contributed by atoms with Gasteiger partial charge in [0.1, 0.15) is 0 Å². The highest BCUT2D eigenvalue weighted by Gasteiger charge is 2.33. The fraction of sp³-hybridized carbons (Fsp3) is 0.714. The van der Waals surface area contributed by atoms with Crippen LogP contribution in [0.25, 0.3) is 0 Å². The standard InChI is InChI=1S/C14H22O3/c1-4-6-10-8-11(9-13(15)17-3)14(16)12(10)7-5-2/h11H,4-9H2,1-3H3. The number of carbonyl (C=O) groups is 2. The molecule has 0 saturated carbocycles. The van der Waals surface area contributed by atoms with Crippen molar-refractivity contribution in [1.82, 2.24) is 0 Å². The van der Waals surface area contributed by atoms with Gasteiger partial charge >= 0.3 is 5.97 Å². The van der Waals surface area contributed by atoms with Gasteiger partial charge in [-0.3, -0.25) is 9.59 Å². The summed E-state index contributed by atoms with van der Waals surface area (Å²) >= 11 is 0. The molecular formula is C14H22O3. The molecule has 1 unspecified atom stereocenters. The van der Waals surface area contributed by atoms with E-state index >= 15 is 0 Å². The first-order valence-electron chi connectivity index (χ1n) is 6.45. The molecule has 0 bridgehead atoms. The molecule has 0 aromatic rings. The molecule has 0 aliphatic heterocycles. The number of hydrogen-bond acceptors (Lipinski definition) is 3. The predicted octanol–water partition coefficient (Wildman–Crippen LogP) is 3.04. The number of carbonyl (C=O) groups excluding carboxylic acids is 2. The Labute approximate surface area is 103 Å². The first kappa shape index (κ1) is 13.9. The number of hydrogen-bond donors (Lipinski definition) is 0. The Kier molecular flexibility index (Phi) is 5.39. The highest BCUT2D eigenvalue weighted by Crippen LogP contribution is 2.35. The van der Waals surface area contributed by atoms with E-state index in [0.29, 0.717) is 0 Å². The lowest BCUT2D eigenvalue weighted by Crippen LogP contribution is -2.16. The first-order chi connectivity index (χ1) is 8.13. The predicted molar refractivity (Wildman–Crippen MR) is 66.6 cm³/mol. The summed E-state index contributed by atoms with van der Waals surface area (Å²) in [4.78, 5) is 23.4. The van der Waals surface area contributed by atoms with Gasteiger partial charge in [-0.05, 0) is 24.8 Å². The number of ketones is 1. The highest BCUT2D eigenvalue weighted by atomic mass is 16.5. The van der Waals surface area contributed by atoms with E-state index < -0.39 is 0 Å². The van der Waals surface area contributed by atoms with Gasteiger partial charge in [0, 0.05) is 5.92 Å². The average Bonchev–Trinajstić information content (AvgIpc) is 2.59. The van der Waals surface area contributed by atoms with Gasteiger partial charge in [-0.25, -0.2) is 0 Å². The minimum Gasteiger partial charge on any atom is -0.469 e. The van der Waals surface area contributed by atoms with Crippen LogP contribution in [0.3, 0.4) is 0 Å². The topological polar surface area (TPSA) is 43.4 Å². The van der Waals surface area contributed by atoms with Crippen molar-refractivity contribution in [1.29, 1.82) is 0 Å². The average molecular weight is 238 g/mol. The minimum atomic E-state index is -0.281. The molecular weight excluding hydrogens is 216 g/mol. The highest BCUT2D eigenvalue weighted by molar-refractivity contribution is 6.02. The normalized spacial score (nSPS) is 19.9. The van der Waals surface area contributed by atoms with E-state index in [4.69, 9.17) is 0 Å². The zero-order valence-corrected chi connectivity index (χ0v) is 11.0. The summed E-state index contributed by atoms with van der Waals surface area (Å²) in [6.45, 7) is 4.20. The van der Waals surface area contributed by atoms with Gasteiger partial charge in [0.2, 0.25) is 0 Å². The van der Waals surface area contributed by atoms with E-state index in [1.807, 2.05) is 0 Å². The van der Waals surface area contributed by atoms with Crippen LogP contribution < -0.4 is 0 Å². The second-order valence-electron chi connectivity index (χ2n) is 4.63. The maximum Gasteiger partial charge on any atom is 0.306 e. The van der Waals surface area contributed by atoms with Crippen molar-refractivity contribution in [3.63, 3.8) is 0 Å². The number of allylic oxidation sites excluding steroid dienone is 2. The van der Waals surface area contributed by atoms with E-state index in [2.05, 4.69) is 18.6 Å². The second-order valence-corrected chi connectivity index (χ2v) is 4.63. The Morgan fingerprint density at radius 3 is 2.47 bits per heavy atom. The molecule has 0 radical (unpaired) electrons. The number of Topliss-reactive ketones (excluding diaryl/α,β-unsaturated/α-hetero) is 1. The van der Waals surface area contributed by atoms with Crippen LogP contribution in [0.4, 0.5) is 0 Å². The molecule has 0 N–H and O–H groups in total. The molecule has 0 amide bonds. The van der Waals surface area contributed by atoms with E-state index in [1.54, 1.807) is 0 Å². The van der Waals surface area contributed by atoms with Gasteiger partial charge in [-0.2, -0.15) is 0 Å². The summed E-state index contributed by atoms with van der Waals surface area (Å²) in [6.07, 6.45) is 4.87. The Morgan fingerprint density at radius 2 is 1.94 bits per heavy atom. The van der Waals surface area contributed by atoms with Crippen LogP contribution in [0, 0.1) is 5.92 Å². The Hall–Kier alpha value is -1.12. The number of methoxy groups -OCH3 is 1. The molecule has 0 heterocycles. The van der Waals surface area contributed by atoms with Crippen LogP contribution in [0.5, 0.6) is 0 Å². The lowest BCUT2D eigenvalue weighted by molar-refractivity contribution is -0.143. The molecule has 0 fully saturated rings. The van der Waals surface area contributed by atoms with Crippen LogP contribution in [-0.2, 0) is 14.3 Å². The lowest BCUT2D eigenvalue weighted by Gasteiger charge is -2.07. The third-order valence-corrected chi connectivity index (χ3v) is 3.28. The maximum absolute atomic E-state index is 12.2. The largest absolute Gasteiger partial charge is 0.469 e. The van der Waals surface area contributed by atoms with Crippen molar-refractivity contribution in [3.8, 4) is 0 Å². The summed E-state index contributed by atoms with van der Waals surface area (Å²) in [7, 11) is 1.37. The molecule has 0 saturated heterocycles. The zero-order valence-electron chi connectivity index (χ0n) is 11.0. The van der Waals surface area contributed by atoms with E-state index in [-0.39, 0.29) is 24.1 Å². The van der Waals surface area contributed by atoms with Gasteiger partial charge in [-0.1, -0.05) is 32.3 Å². The number of esters is 1. The number of ether oxygens (including phenoxy) is 1. The van der Waals surface area contributed by atoms with Gasteiger partial charge in [-0.15, -0.1) is 0 Å². The SMILES string of the molecule is CCCC1=C(CCC)C(=O)C(CC(=O)OC)C1. The fourth-order valence-electron chi connectivity index (χ4n) is 2.49. The van der Waals surface area contributed by atoms with E-state index in [0.717, 1.165) is 37.7 Å². The minimum absolute atomic E-state index is 0.162. The Balaban J connectivity index is 2.73. The van der Waals surface area contributed by atoms with Crippen molar-refractivity contribution < 1.29 is 14.3 Å². The molecule has 96 valence electrons. The molecule has 3 heteroatoms. The van der Waals surface area contributed by atoms with Gasteiger partial charge in [0.25, 0.3) is 0 Å². The molecule has 0 aromatic heterocycles. The van der Waals surface area contributed by atoms with Crippen molar-refractivity contribution >= 4 is 11.8 Å².